The van der Waals surface area contributed by atoms with Gasteiger partial charge in [0.15, 0.2) is 0 Å². The van der Waals surface area contributed by atoms with Gasteiger partial charge in [0, 0.05) is 24.5 Å². The fourth-order valence-corrected chi connectivity index (χ4v) is 3.68. The molecule has 0 radical (unpaired) electrons. The number of thiazole rings is 1. The summed E-state index contributed by atoms with van der Waals surface area (Å²) in [7, 11) is 1.76. The van der Waals surface area contributed by atoms with E-state index in [4.69, 9.17) is 0 Å². The number of carbonyl (C=O) groups is 1. The average molecular weight is 354 g/mol. The maximum Gasteiger partial charge on any atom is 0.324 e. The third-order valence-electron chi connectivity index (χ3n) is 3.57. The van der Waals surface area contributed by atoms with Crippen LogP contribution in [0.15, 0.2) is 5.38 Å². The summed E-state index contributed by atoms with van der Waals surface area (Å²) < 4.78 is 0. The molecule has 6 nitrogen and oxygen atoms in total. The highest BCUT2D eigenvalue weighted by Gasteiger charge is 2.21. The summed E-state index contributed by atoms with van der Waals surface area (Å²) in [5.41, 5.74) is 0.978. The Bertz CT molecular complexity index is 639. The third-order valence-corrected chi connectivity index (χ3v) is 5.60. The molecule has 0 bridgehead atoms. The quantitative estimate of drug-likeness (QED) is 0.755. The Hall–Kier alpha value is -1.54. The van der Waals surface area contributed by atoms with Gasteiger partial charge in [0.25, 0.3) is 0 Å². The first-order valence-electron chi connectivity index (χ1n) is 7.79. The van der Waals surface area contributed by atoms with E-state index in [-0.39, 0.29) is 12.1 Å². The van der Waals surface area contributed by atoms with Crippen molar-refractivity contribution < 1.29 is 4.79 Å². The van der Waals surface area contributed by atoms with E-state index in [1.807, 2.05) is 19.2 Å². The molecule has 2 aromatic rings. The molecule has 0 unspecified atom stereocenters. The minimum absolute atomic E-state index is 0.0781. The summed E-state index contributed by atoms with van der Waals surface area (Å²) in [6.07, 6.45) is 4.40. The zero-order valence-electron chi connectivity index (χ0n) is 14.0. The number of nitrogens with one attached hydrogen (secondary N) is 1. The molecule has 0 aliphatic heterocycles. The van der Waals surface area contributed by atoms with Crippen molar-refractivity contribution in [3.8, 4) is 0 Å². The number of unbranched alkanes of at least 4 members (excludes halogenated alkanes) is 2. The molecular weight excluding hydrogens is 330 g/mol. The standard InChI is InChI=1S/C15H23N5OS2/c1-5-6-7-8-12-18-19-14(23-12)17-15(21)20(4)11(3)13-16-10(2)9-22-13/h9,11H,5-8H2,1-4H3,(H,17,19,21)/t11-/m1/s1. The molecule has 0 spiro atoms. The maximum absolute atomic E-state index is 12.3. The Labute approximate surface area is 145 Å². The molecule has 0 saturated carbocycles. The topological polar surface area (TPSA) is 71.0 Å². The molecule has 23 heavy (non-hydrogen) atoms. The van der Waals surface area contributed by atoms with Crippen LogP contribution >= 0.6 is 22.7 Å². The van der Waals surface area contributed by atoms with Crippen LogP contribution in [0, 0.1) is 6.92 Å². The normalized spacial score (nSPS) is 12.2. The van der Waals surface area contributed by atoms with Gasteiger partial charge in [-0.25, -0.2) is 9.78 Å². The van der Waals surface area contributed by atoms with E-state index in [0.29, 0.717) is 5.13 Å². The molecule has 126 valence electrons. The molecular formula is C15H23N5OS2. The second kappa shape index (κ2) is 8.35. The Morgan fingerprint density at radius 2 is 2.17 bits per heavy atom. The van der Waals surface area contributed by atoms with Crippen molar-refractivity contribution in [1.29, 1.82) is 0 Å². The van der Waals surface area contributed by atoms with Gasteiger partial charge in [-0.15, -0.1) is 21.5 Å². The largest absolute Gasteiger partial charge is 0.324 e. The summed E-state index contributed by atoms with van der Waals surface area (Å²) >= 11 is 3.01. The smallest absolute Gasteiger partial charge is 0.318 e. The third kappa shape index (κ3) is 4.97. The lowest BCUT2D eigenvalue weighted by molar-refractivity contribution is 0.208. The summed E-state index contributed by atoms with van der Waals surface area (Å²) in [5.74, 6) is 0. The Kier molecular flexibility index (Phi) is 6.47. The molecule has 2 heterocycles. The fraction of sp³-hybridized carbons (Fsp3) is 0.600. The number of urea groups is 1. The van der Waals surface area contributed by atoms with Gasteiger partial charge in [0.1, 0.15) is 10.0 Å². The molecule has 1 atom stereocenters. The van der Waals surface area contributed by atoms with E-state index in [9.17, 15) is 4.79 Å². The van der Waals surface area contributed by atoms with Crippen molar-refractivity contribution in [2.45, 2.75) is 52.5 Å². The van der Waals surface area contributed by atoms with Crippen molar-refractivity contribution in [3.05, 3.63) is 21.1 Å². The highest BCUT2D eigenvalue weighted by molar-refractivity contribution is 7.15. The molecule has 2 rings (SSSR count). The van der Waals surface area contributed by atoms with Crippen molar-refractivity contribution in [1.82, 2.24) is 20.1 Å². The summed E-state index contributed by atoms with van der Waals surface area (Å²) in [5, 5.41) is 15.4. The number of anilines is 1. The minimum Gasteiger partial charge on any atom is -0.318 e. The van der Waals surface area contributed by atoms with Crippen LogP contribution in [0.2, 0.25) is 0 Å². The maximum atomic E-state index is 12.3. The van der Waals surface area contributed by atoms with Gasteiger partial charge >= 0.3 is 6.03 Å². The number of nitrogens with zero attached hydrogens (tertiary/aromatic N) is 4. The van der Waals surface area contributed by atoms with Crippen LogP contribution in [0.3, 0.4) is 0 Å². The SMILES string of the molecule is CCCCCc1nnc(NC(=O)N(C)[C@H](C)c2nc(C)cs2)s1. The van der Waals surface area contributed by atoms with Gasteiger partial charge in [0.05, 0.1) is 6.04 Å². The van der Waals surface area contributed by atoms with E-state index in [0.717, 1.165) is 28.6 Å². The number of rotatable bonds is 7. The number of amides is 2. The van der Waals surface area contributed by atoms with Crippen LogP contribution in [0.5, 0.6) is 0 Å². The van der Waals surface area contributed by atoms with Gasteiger partial charge in [-0.1, -0.05) is 31.1 Å². The van der Waals surface area contributed by atoms with E-state index in [1.54, 1.807) is 23.3 Å². The zero-order valence-corrected chi connectivity index (χ0v) is 15.6. The second-order valence-electron chi connectivity index (χ2n) is 5.50. The molecule has 2 amide bonds. The Morgan fingerprint density at radius 3 is 2.83 bits per heavy atom. The van der Waals surface area contributed by atoms with E-state index < -0.39 is 0 Å². The van der Waals surface area contributed by atoms with Gasteiger partial charge in [-0.05, 0) is 20.3 Å². The lowest BCUT2D eigenvalue weighted by atomic mass is 10.2. The van der Waals surface area contributed by atoms with E-state index >= 15 is 0 Å². The minimum atomic E-state index is -0.193. The Balaban J connectivity index is 1.90. The van der Waals surface area contributed by atoms with Crippen LogP contribution in [0.1, 0.15) is 54.9 Å². The number of hydrogen-bond donors (Lipinski definition) is 1. The van der Waals surface area contributed by atoms with Crippen molar-refractivity contribution in [3.63, 3.8) is 0 Å². The second-order valence-corrected chi connectivity index (χ2v) is 7.45. The molecule has 0 aliphatic rings. The van der Waals surface area contributed by atoms with Crippen LogP contribution in [0.4, 0.5) is 9.93 Å². The monoisotopic (exact) mass is 353 g/mol. The molecule has 1 N–H and O–H groups in total. The molecule has 0 aromatic carbocycles. The van der Waals surface area contributed by atoms with Crippen LogP contribution in [0.25, 0.3) is 0 Å². The van der Waals surface area contributed by atoms with E-state index in [2.05, 4.69) is 27.4 Å². The van der Waals surface area contributed by atoms with Gasteiger partial charge in [-0.2, -0.15) is 0 Å². The summed E-state index contributed by atoms with van der Waals surface area (Å²) in [6.45, 7) is 6.09. The first kappa shape index (κ1) is 17.8. The molecule has 0 saturated heterocycles. The lowest BCUT2D eigenvalue weighted by Gasteiger charge is -2.22. The Morgan fingerprint density at radius 1 is 1.39 bits per heavy atom. The summed E-state index contributed by atoms with van der Waals surface area (Å²) in [4.78, 5) is 18.4. The van der Waals surface area contributed by atoms with Gasteiger partial charge in [0.2, 0.25) is 5.13 Å². The van der Waals surface area contributed by atoms with Crippen molar-refractivity contribution in [2.24, 2.45) is 0 Å². The zero-order chi connectivity index (χ0) is 16.8. The predicted molar refractivity (Wildman–Crippen MR) is 95.2 cm³/mol. The highest BCUT2D eigenvalue weighted by atomic mass is 32.1. The number of aryl methyl sites for hydroxylation is 2. The predicted octanol–water partition coefficient (Wildman–Crippen LogP) is 4.26. The first-order chi connectivity index (χ1) is 11.0. The van der Waals surface area contributed by atoms with E-state index in [1.165, 1.54) is 24.2 Å². The fourth-order valence-electron chi connectivity index (χ4n) is 2.02. The molecule has 8 heteroatoms. The van der Waals surface area contributed by atoms with Gasteiger partial charge < -0.3 is 4.90 Å². The van der Waals surface area contributed by atoms with Crippen molar-refractivity contribution >= 4 is 33.8 Å². The molecule has 0 aliphatic carbocycles. The number of aromatic nitrogens is 3. The molecule has 0 fully saturated rings. The van der Waals surface area contributed by atoms with Crippen LogP contribution < -0.4 is 5.32 Å². The van der Waals surface area contributed by atoms with Gasteiger partial charge in [-0.3, -0.25) is 5.32 Å². The van der Waals surface area contributed by atoms with Crippen molar-refractivity contribution in [2.75, 3.05) is 12.4 Å². The average Bonchev–Trinajstić information content (AvgIpc) is 3.15. The number of carbonyl (C=O) groups excluding carboxylic acids is 1. The summed E-state index contributed by atoms with van der Waals surface area (Å²) in [6, 6.07) is -0.271. The first-order valence-corrected chi connectivity index (χ1v) is 9.49. The highest BCUT2D eigenvalue weighted by Crippen LogP contribution is 2.24. The van der Waals surface area contributed by atoms with Crippen LogP contribution in [-0.2, 0) is 6.42 Å². The molecule has 2 aromatic heterocycles. The lowest BCUT2D eigenvalue weighted by Crippen LogP contribution is -2.33. The number of hydrogen-bond acceptors (Lipinski definition) is 6. The van der Waals surface area contributed by atoms with Crippen LogP contribution in [-0.4, -0.2) is 33.2 Å².